The molecule has 0 aromatic heterocycles. The summed E-state index contributed by atoms with van der Waals surface area (Å²) in [7, 11) is 0. The number of carbonyl (C=O) groups is 2. The average molecular weight is 241 g/mol. The minimum atomic E-state index is -0.0121. The quantitative estimate of drug-likeness (QED) is 0.530. The van der Waals surface area contributed by atoms with Gasteiger partial charge in [-0.3, -0.25) is 9.59 Å². The summed E-state index contributed by atoms with van der Waals surface area (Å²) in [5, 5.41) is 8.73. The van der Waals surface area contributed by atoms with Crippen molar-refractivity contribution in [2.24, 2.45) is 0 Å². The van der Waals surface area contributed by atoms with Crippen LogP contribution in [0.25, 0.3) is 0 Å². The Labute approximate surface area is 103 Å². The minimum Gasteiger partial charge on any atom is -0.353 e. The van der Waals surface area contributed by atoms with Crippen LogP contribution in [-0.2, 0) is 9.59 Å². The third-order valence-electron chi connectivity index (χ3n) is 2.78. The van der Waals surface area contributed by atoms with E-state index in [0.717, 1.165) is 19.3 Å². The van der Waals surface area contributed by atoms with E-state index in [4.69, 9.17) is 0 Å². The van der Waals surface area contributed by atoms with Crippen LogP contribution < -0.4 is 16.0 Å². The molecule has 0 saturated heterocycles. The fourth-order valence-corrected chi connectivity index (χ4v) is 1.36. The van der Waals surface area contributed by atoms with E-state index in [-0.39, 0.29) is 24.4 Å². The smallest absolute Gasteiger partial charge is 0.234 e. The van der Waals surface area contributed by atoms with Gasteiger partial charge in [0.05, 0.1) is 6.54 Å². The summed E-state index contributed by atoms with van der Waals surface area (Å²) in [4.78, 5) is 22.7. The second-order valence-corrected chi connectivity index (χ2v) is 4.65. The maximum atomic E-state index is 11.4. The third kappa shape index (κ3) is 6.94. The largest absolute Gasteiger partial charge is 0.353 e. The Bertz CT molecular complexity index is 264. The topological polar surface area (TPSA) is 70.2 Å². The zero-order valence-electron chi connectivity index (χ0n) is 10.7. The Morgan fingerprint density at radius 2 is 2.00 bits per heavy atom. The van der Waals surface area contributed by atoms with Crippen molar-refractivity contribution in [3.63, 3.8) is 0 Å². The van der Waals surface area contributed by atoms with E-state index in [0.29, 0.717) is 19.0 Å². The van der Waals surface area contributed by atoms with Crippen LogP contribution in [0.15, 0.2) is 0 Å². The second kappa shape index (κ2) is 7.27. The molecule has 1 fully saturated rings. The normalized spacial score (nSPS) is 16.4. The van der Waals surface area contributed by atoms with E-state index in [1.165, 1.54) is 0 Å². The molecular formula is C12H23N3O2. The monoisotopic (exact) mass is 241 g/mol. The van der Waals surface area contributed by atoms with E-state index in [1.54, 1.807) is 0 Å². The van der Waals surface area contributed by atoms with Crippen LogP contribution in [0.5, 0.6) is 0 Å². The molecule has 0 aromatic carbocycles. The van der Waals surface area contributed by atoms with Crippen molar-refractivity contribution in [2.75, 3.05) is 13.1 Å². The lowest BCUT2D eigenvalue weighted by molar-refractivity contribution is -0.122. The van der Waals surface area contributed by atoms with Crippen LogP contribution >= 0.6 is 0 Å². The summed E-state index contributed by atoms with van der Waals surface area (Å²) < 4.78 is 0. The van der Waals surface area contributed by atoms with E-state index in [2.05, 4.69) is 16.0 Å². The van der Waals surface area contributed by atoms with Gasteiger partial charge in [-0.15, -0.1) is 0 Å². The minimum absolute atomic E-state index is 0.0121. The number of hydrogen-bond acceptors (Lipinski definition) is 3. The lowest BCUT2D eigenvalue weighted by Crippen LogP contribution is -2.39. The summed E-state index contributed by atoms with van der Waals surface area (Å²) in [6, 6.07) is 0.624. The summed E-state index contributed by atoms with van der Waals surface area (Å²) >= 11 is 0. The van der Waals surface area contributed by atoms with Crippen molar-refractivity contribution in [1.29, 1.82) is 0 Å². The highest BCUT2D eigenvalue weighted by Crippen LogP contribution is 2.18. The number of amides is 2. The summed E-state index contributed by atoms with van der Waals surface area (Å²) in [6.07, 6.45) is 3.58. The van der Waals surface area contributed by atoms with Crippen molar-refractivity contribution in [3.8, 4) is 0 Å². The maximum absolute atomic E-state index is 11.4. The fraction of sp³-hybridized carbons (Fsp3) is 0.833. The van der Waals surface area contributed by atoms with E-state index >= 15 is 0 Å². The van der Waals surface area contributed by atoms with Gasteiger partial charge >= 0.3 is 0 Å². The Kier molecular flexibility index (Phi) is 5.97. The molecule has 1 saturated carbocycles. The predicted molar refractivity (Wildman–Crippen MR) is 66.5 cm³/mol. The second-order valence-electron chi connectivity index (χ2n) is 4.65. The van der Waals surface area contributed by atoms with Gasteiger partial charge < -0.3 is 16.0 Å². The summed E-state index contributed by atoms with van der Waals surface area (Å²) in [5.41, 5.74) is 0. The SMILES string of the molecule is CCC(C)NC(=O)CNCCC(=O)NC1CC1. The van der Waals surface area contributed by atoms with Crippen LogP contribution in [-0.4, -0.2) is 37.0 Å². The fourth-order valence-electron chi connectivity index (χ4n) is 1.36. The van der Waals surface area contributed by atoms with Gasteiger partial charge in [0, 0.05) is 25.0 Å². The van der Waals surface area contributed by atoms with Gasteiger partial charge in [-0.1, -0.05) is 6.92 Å². The van der Waals surface area contributed by atoms with E-state index in [9.17, 15) is 9.59 Å². The van der Waals surface area contributed by atoms with Crippen molar-refractivity contribution >= 4 is 11.8 Å². The van der Waals surface area contributed by atoms with Crippen LogP contribution in [0, 0.1) is 0 Å². The van der Waals surface area contributed by atoms with Crippen molar-refractivity contribution in [2.45, 2.75) is 51.6 Å². The first-order valence-electron chi connectivity index (χ1n) is 6.41. The molecule has 0 aliphatic heterocycles. The number of carbonyl (C=O) groups excluding carboxylic acids is 2. The average Bonchev–Trinajstić information content (AvgIpc) is 3.08. The molecule has 0 radical (unpaired) electrons. The number of nitrogens with one attached hydrogen (secondary N) is 3. The molecule has 0 aromatic rings. The molecule has 5 nitrogen and oxygen atoms in total. The van der Waals surface area contributed by atoms with Crippen LogP contribution in [0.4, 0.5) is 0 Å². The molecule has 3 N–H and O–H groups in total. The Morgan fingerprint density at radius 1 is 1.29 bits per heavy atom. The highest BCUT2D eigenvalue weighted by atomic mass is 16.2. The Morgan fingerprint density at radius 3 is 2.59 bits per heavy atom. The standard InChI is InChI=1S/C12H23N3O2/c1-3-9(2)14-12(17)8-13-7-6-11(16)15-10-4-5-10/h9-10,13H,3-8H2,1-2H3,(H,14,17)(H,15,16). The van der Waals surface area contributed by atoms with Crippen LogP contribution in [0.2, 0.25) is 0 Å². The van der Waals surface area contributed by atoms with Gasteiger partial charge in [-0.2, -0.15) is 0 Å². The van der Waals surface area contributed by atoms with Crippen molar-refractivity contribution < 1.29 is 9.59 Å². The number of hydrogen-bond donors (Lipinski definition) is 3. The highest BCUT2D eigenvalue weighted by molar-refractivity contribution is 5.79. The lowest BCUT2D eigenvalue weighted by atomic mass is 10.2. The maximum Gasteiger partial charge on any atom is 0.234 e. The Hall–Kier alpha value is -1.10. The molecule has 1 aliphatic carbocycles. The summed E-state index contributed by atoms with van der Waals surface area (Å²) in [5.74, 6) is 0.0595. The van der Waals surface area contributed by atoms with Gasteiger partial charge in [0.15, 0.2) is 0 Å². The number of rotatable bonds is 8. The first-order chi connectivity index (χ1) is 8.11. The highest BCUT2D eigenvalue weighted by Gasteiger charge is 2.22. The molecule has 1 unspecified atom stereocenters. The van der Waals surface area contributed by atoms with E-state index < -0.39 is 0 Å². The molecule has 0 bridgehead atoms. The zero-order chi connectivity index (χ0) is 12.7. The third-order valence-corrected chi connectivity index (χ3v) is 2.78. The van der Waals surface area contributed by atoms with Gasteiger partial charge in [-0.25, -0.2) is 0 Å². The molecule has 5 heteroatoms. The Balaban J connectivity index is 1.95. The zero-order valence-corrected chi connectivity index (χ0v) is 10.7. The molecule has 1 aliphatic rings. The van der Waals surface area contributed by atoms with Crippen LogP contribution in [0.1, 0.15) is 39.5 Å². The molecular weight excluding hydrogens is 218 g/mol. The molecule has 98 valence electrons. The van der Waals surface area contributed by atoms with Crippen molar-refractivity contribution in [1.82, 2.24) is 16.0 Å². The van der Waals surface area contributed by atoms with Crippen LogP contribution in [0.3, 0.4) is 0 Å². The van der Waals surface area contributed by atoms with Gasteiger partial charge in [-0.05, 0) is 26.2 Å². The first-order valence-corrected chi connectivity index (χ1v) is 6.41. The molecule has 1 rings (SSSR count). The van der Waals surface area contributed by atoms with Gasteiger partial charge in [0.2, 0.25) is 11.8 Å². The molecule has 0 spiro atoms. The summed E-state index contributed by atoms with van der Waals surface area (Å²) in [6.45, 7) is 4.83. The van der Waals surface area contributed by atoms with Gasteiger partial charge in [0.25, 0.3) is 0 Å². The van der Waals surface area contributed by atoms with E-state index in [1.807, 2.05) is 13.8 Å². The first kappa shape index (κ1) is 14.0. The molecule has 1 atom stereocenters. The molecule has 17 heavy (non-hydrogen) atoms. The molecule has 0 heterocycles. The van der Waals surface area contributed by atoms with Gasteiger partial charge in [0.1, 0.15) is 0 Å². The van der Waals surface area contributed by atoms with Crippen molar-refractivity contribution in [3.05, 3.63) is 0 Å². The molecule has 2 amide bonds. The lowest BCUT2D eigenvalue weighted by Gasteiger charge is -2.11. The predicted octanol–water partition coefficient (Wildman–Crippen LogP) is 0.159.